The van der Waals surface area contributed by atoms with E-state index in [1.165, 1.54) is 0 Å². The third kappa shape index (κ3) is 2.40. The second kappa shape index (κ2) is 5.58. The van der Waals surface area contributed by atoms with Crippen molar-refractivity contribution in [2.45, 2.75) is 0 Å². The molecular weight excluding hydrogens is 302 g/mol. The highest BCUT2D eigenvalue weighted by Crippen LogP contribution is 2.24. The highest BCUT2D eigenvalue weighted by atomic mass is 16.1. The smallest absolute Gasteiger partial charge is 0.248 e. The highest BCUT2D eigenvalue weighted by Gasteiger charge is 2.10. The summed E-state index contributed by atoms with van der Waals surface area (Å²) < 4.78 is 1.74. The predicted octanol–water partition coefficient (Wildman–Crippen LogP) is 2.56. The Balaban J connectivity index is 1.81. The van der Waals surface area contributed by atoms with Gasteiger partial charge in [-0.25, -0.2) is 9.50 Å². The maximum absolute atomic E-state index is 11.4. The Kier molecular flexibility index (Phi) is 3.28. The average Bonchev–Trinajstić information content (AvgIpc) is 3.05. The Labute approximate surface area is 137 Å². The predicted molar refractivity (Wildman–Crippen MR) is 90.2 cm³/mol. The van der Waals surface area contributed by atoms with E-state index < -0.39 is 5.91 Å². The zero-order valence-electron chi connectivity index (χ0n) is 12.6. The van der Waals surface area contributed by atoms with Crippen LogP contribution in [0.25, 0.3) is 28.0 Å². The monoisotopic (exact) mass is 315 g/mol. The average molecular weight is 315 g/mol. The van der Waals surface area contributed by atoms with Crippen LogP contribution in [0.3, 0.4) is 0 Å². The summed E-state index contributed by atoms with van der Waals surface area (Å²) in [5.74, 6) is -0.461. The third-order valence-corrected chi connectivity index (χ3v) is 3.80. The Hall–Kier alpha value is -3.54. The fraction of sp³-hybridized carbons (Fsp3) is 0. The van der Waals surface area contributed by atoms with E-state index in [9.17, 15) is 4.79 Å². The summed E-state index contributed by atoms with van der Waals surface area (Å²) in [5.41, 5.74) is 10.1. The zero-order valence-corrected chi connectivity index (χ0v) is 12.6. The number of carbonyl (C=O) groups excluding carboxylic acids is 1. The van der Waals surface area contributed by atoms with Crippen LogP contribution in [0.15, 0.2) is 67.3 Å². The molecule has 4 aromatic rings. The van der Waals surface area contributed by atoms with Gasteiger partial charge < -0.3 is 5.73 Å². The van der Waals surface area contributed by atoms with E-state index in [4.69, 9.17) is 5.73 Å². The minimum Gasteiger partial charge on any atom is -0.366 e. The molecule has 0 aliphatic rings. The van der Waals surface area contributed by atoms with Crippen LogP contribution in [-0.4, -0.2) is 25.5 Å². The van der Waals surface area contributed by atoms with E-state index in [2.05, 4.69) is 15.1 Å². The molecule has 0 saturated heterocycles. The van der Waals surface area contributed by atoms with Gasteiger partial charge in [0.1, 0.15) is 0 Å². The standard InChI is InChI=1S/C18H13N5O/c19-18(24)13-4-1-3-12(7-13)16-11-21-17-8-15(10-22-23(16)17)14-5-2-6-20-9-14/h1-11H,(H2,19,24). The van der Waals surface area contributed by atoms with Gasteiger partial charge in [-0.1, -0.05) is 18.2 Å². The van der Waals surface area contributed by atoms with Gasteiger partial charge >= 0.3 is 0 Å². The van der Waals surface area contributed by atoms with E-state index in [0.717, 1.165) is 28.0 Å². The van der Waals surface area contributed by atoms with Gasteiger partial charge in [0.15, 0.2) is 5.65 Å². The molecule has 0 unspecified atom stereocenters. The molecule has 3 heterocycles. The molecule has 3 aromatic heterocycles. The molecule has 0 bridgehead atoms. The number of nitrogens with zero attached hydrogens (tertiary/aromatic N) is 4. The number of pyridine rings is 1. The molecule has 24 heavy (non-hydrogen) atoms. The molecule has 0 aliphatic carbocycles. The largest absolute Gasteiger partial charge is 0.366 e. The molecule has 0 fully saturated rings. The van der Waals surface area contributed by atoms with E-state index in [1.54, 1.807) is 47.5 Å². The number of hydrogen-bond acceptors (Lipinski definition) is 4. The number of rotatable bonds is 3. The van der Waals surface area contributed by atoms with E-state index in [-0.39, 0.29) is 0 Å². The van der Waals surface area contributed by atoms with Gasteiger partial charge in [0, 0.05) is 34.6 Å². The van der Waals surface area contributed by atoms with Gasteiger partial charge in [-0.15, -0.1) is 0 Å². The summed E-state index contributed by atoms with van der Waals surface area (Å²) in [6.45, 7) is 0. The summed E-state index contributed by atoms with van der Waals surface area (Å²) in [6.07, 6.45) is 7.02. The number of aromatic nitrogens is 4. The van der Waals surface area contributed by atoms with Gasteiger partial charge in [0.2, 0.25) is 5.91 Å². The van der Waals surface area contributed by atoms with Crippen LogP contribution < -0.4 is 5.73 Å². The van der Waals surface area contributed by atoms with Crippen molar-refractivity contribution in [3.05, 3.63) is 72.8 Å². The maximum atomic E-state index is 11.4. The first-order valence-corrected chi connectivity index (χ1v) is 7.37. The summed E-state index contributed by atoms with van der Waals surface area (Å²) in [7, 11) is 0. The molecule has 4 rings (SSSR count). The molecule has 0 aliphatic heterocycles. The van der Waals surface area contributed by atoms with Crippen molar-refractivity contribution in [3.63, 3.8) is 0 Å². The second-order valence-electron chi connectivity index (χ2n) is 5.34. The molecule has 1 aromatic carbocycles. The number of imidazole rings is 1. The lowest BCUT2D eigenvalue weighted by molar-refractivity contribution is 0.100. The van der Waals surface area contributed by atoms with Crippen molar-refractivity contribution < 1.29 is 4.79 Å². The molecule has 0 saturated carbocycles. The topological polar surface area (TPSA) is 86.2 Å². The third-order valence-electron chi connectivity index (χ3n) is 3.80. The summed E-state index contributed by atoms with van der Waals surface area (Å²) in [6, 6.07) is 12.9. The Morgan fingerprint density at radius 3 is 2.62 bits per heavy atom. The lowest BCUT2D eigenvalue weighted by Gasteiger charge is -2.04. The van der Waals surface area contributed by atoms with Crippen LogP contribution >= 0.6 is 0 Å². The minimum absolute atomic E-state index is 0.453. The first-order chi connectivity index (χ1) is 11.7. The molecule has 6 heteroatoms. The van der Waals surface area contributed by atoms with Gasteiger partial charge in [-0.3, -0.25) is 9.78 Å². The first-order valence-electron chi connectivity index (χ1n) is 7.37. The minimum atomic E-state index is -0.461. The zero-order chi connectivity index (χ0) is 16.5. The van der Waals surface area contributed by atoms with Crippen molar-refractivity contribution in [1.29, 1.82) is 0 Å². The van der Waals surface area contributed by atoms with Crippen LogP contribution in [0.5, 0.6) is 0 Å². The second-order valence-corrected chi connectivity index (χ2v) is 5.34. The van der Waals surface area contributed by atoms with E-state index in [1.807, 2.05) is 24.3 Å². The normalized spacial score (nSPS) is 10.8. The quantitative estimate of drug-likeness (QED) is 0.629. The fourth-order valence-electron chi connectivity index (χ4n) is 2.60. The molecule has 0 atom stereocenters. The lowest BCUT2D eigenvalue weighted by Crippen LogP contribution is -2.10. The van der Waals surface area contributed by atoms with Gasteiger partial charge in [-0.05, 0) is 24.3 Å². The van der Waals surface area contributed by atoms with Crippen molar-refractivity contribution in [2.75, 3.05) is 0 Å². The lowest BCUT2D eigenvalue weighted by atomic mass is 10.1. The van der Waals surface area contributed by atoms with Crippen LogP contribution in [-0.2, 0) is 0 Å². The number of amides is 1. The molecule has 2 N–H and O–H groups in total. The Bertz CT molecular complexity index is 1040. The van der Waals surface area contributed by atoms with Crippen LogP contribution in [0, 0.1) is 0 Å². The van der Waals surface area contributed by atoms with E-state index >= 15 is 0 Å². The molecule has 116 valence electrons. The molecule has 0 spiro atoms. The molecule has 1 amide bonds. The number of primary amides is 1. The SMILES string of the molecule is NC(=O)c1cccc(-c2cnc3cc(-c4cccnc4)cnn23)c1. The maximum Gasteiger partial charge on any atom is 0.248 e. The van der Waals surface area contributed by atoms with Crippen LogP contribution in [0.1, 0.15) is 10.4 Å². The highest BCUT2D eigenvalue weighted by molar-refractivity contribution is 5.94. The molecule has 6 nitrogen and oxygen atoms in total. The van der Waals surface area contributed by atoms with Gasteiger partial charge in [0.05, 0.1) is 18.1 Å². The van der Waals surface area contributed by atoms with E-state index in [0.29, 0.717) is 5.56 Å². The van der Waals surface area contributed by atoms with Crippen molar-refractivity contribution >= 4 is 11.6 Å². The summed E-state index contributed by atoms with van der Waals surface area (Å²) in [4.78, 5) is 19.9. The fourth-order valence-corrected chi connectivity index (χ4v) is 2.60. The Morgan fingerprint density at radius 1 is 0.958 bits per heavy atom. The van der Waals surface area contributed by atoms with Crippen LogP contribution in [0.4, 0.5) is 0 Å². The Morgan fingerprint density at radius 2 is 1.83 bits per heavy atom. The van der Waals surface area contributed by atoms with Crippen LogP contribution in [0.2, 0.25) is 0 Å². The van der Waals surface area contributed by atoms with Crippen molar-refractivity contribution in [2.24, 2.45) is 5.73 Å². The molecular formula is C18H13N5O. The van der Waals surface area contributed by atoms with Crippen molar-refractivity contribution in [3.8, 4) is 22.4 Å². The van der Waals surface area contributed by atoms with Crippen molar-refractivity contribution in [1.82, 2.24) is 19.6 Å². The first kappa shape index (κ1) is 14.1. The molecule has 0 radical (unpaired) electrons. The van der Waals surface area contributed by atoms with Gasteiger partial charge in [0.25, 0.3) is 0 Å². The number of nitrogens with two attached hydrogens (primary N) is 1. The van der Waals surface area contributed by atoms with Gasteiger partial charge in [-0.2, -0.15) is 5.10 Å². The summed E-state index contributed by atoms with van der Waals surface area (Å²) >= 11 is 0. The summed E-state index contributed by atoms with van der Waals surface area (Å²) in [5, 5.41) is 4.48. The number of hydrogen-bond donors (Lipinski definition) is 1. The number of benzene rings is 1. The number of fused-ring (bicyclic) bond motifs is 1. The number of carbonyl (C=O) groups is 1.